The largest absolute Gasteiger partial charge is 0.490 e. The van der Waals surface area contributed by atoms with Crippen LogP contribution in [0.15, 0.2) is 11.7 Å². The highest BCUT2D eigenvalue weighted by molar-refractivity contribution is 7.11. The lowest BCUT2D eigenvalue weighted by molar-refractivity contribution is -0.192. The Balaban J connectivity index is 0.000000604. The molecular weight excluding hydrogens is 515 g/mol. The van der Waals surface area contributed by atoms with Crippen LogP contribution in [0.4, 0.5) is 13.2 Å². The van der Waals surface area contributed by atoms with Crippen molar-refractivity contribution in [1.29, 1.82) is 0 Å². The maximum atomic E-state index is 13.0. The first-order chi connectivity index (χ1) is 17.6. The average molecular weight is 550 g/mol. The molecule has 208 valence electrons. The van der Waals surface area contributed by atoms with Gasteiger partial charge in [-0.3, -0.25) is 9.59 Å². The van der Waals surface area contributed by atoms with Crippen molar-refractivity contribution in [3.63, 3.8) is 0 Å². The van der Waals surface area contributed by atoms with Crippen molar-refractivity contribution in [2.45, 2.75) is 69.6 Å². The van der Waals surface area contributed by atoms with Crippen LogP contribution in [0.1, 0.15) is 62.7 Å². The number of alkyl halides is 3. The zero-order chi connectivity index (χ0) is 27.3. The van der Waals surface area contributed by atoms with E-state index in [9.17, 15) is 22.8 Å². The third-order valence-electron chi connectivity index (χ3n) is 5.75. The SMILES string of the molecule is NCCCCCNC(=O)CCCCCNC(=O)C1(c2scc3[nH]cnc23)CCCO1.O=C(O)C(F)(F)F. The zero-order valence-corrected chi connectivity index (χ0v) is 21.3. The molecule has 1 atom stereocenters. The second-order valence-electron chi connectivity index (χ2n) is 8.58. The van der Waals surface area contributed by atoms with Gasteiger partial charge in [-0.05, 0) is 45.1 Å². The van der Waals surface area contributed by atoms with Crippen molar-refractivity contribution in [2.24, 2.45) is 5.73 Å². The van der Waals surface area contributed by atoms with E-state index in [2.05, 4.69) is 20.6 Å². The van der Waals surface area contributed by atoms with Crippen LogP contribution in [-0.4, -0.2) is 65.3 Å². The highest BCUT2D eigenvalue weighted by Gasteiger charge is 2.47. The van der Waals surface area contributed by atoms with Gasteiger partial charge in [0.15, 0.2) is 5.60 Å². The fraction of sp³-hybridized carbons (Fsp3) is 0.652. The second-order valence-corrected chi connectivity index (χ2v) is 9.46. The molecule has 0 radical (unpaired) electrons. The number of carbonyl (C=O) groups is 3. The Morgan fingerprint density at radius 2 is 1.81 bits per heavy atom. The maximum Gasteiger partial charge on any atom is 0.490 e. The van der Waals surface area contributed by atoms with E-state index in [1.165, 1.54) is 11.3 Å². The van der Waals surface area contributed by atoms with Crippen molar-refractivity contribution in [2.75, 3.05) is 26.2 Å². The number of aliphatic carboxylic acids is 1. The van der Waals surface area contributed by atoms with E-state index < -0.39 is 17.7 Å². The molecule has 0 saturated carbocycles. The molecule has 2 amide bonds. The minimum Gasteiger partial charge on any atom is -0.475 e. The number of carbonyl (C=O) groups excluding carboxylic acids is 2. The Bertz CT molecular complexity index is 1000. The van der Waals surface area contributed by atoms with Gasteiger partial charge < -0.3 is 31.2 Å². The zero-order valence-electron chi connectivity index (χ0n) is 20.5. The number of thiophene rings is 1. The first-order valence-corrected chi connectivity index (χ1v) is 13.1. The van der Waals surface area contributed by atoms with Gasteiger partial charge in [-0.25, -0.2) is 9.78 Å². The molecule has 10 nitrogen and oxygen atoms in total. The summed E-state index contributed by atoms with van der Waals surface area (Å²) < 4.78 is 37.7. The number of nitrogens with zero attached hydrogens (tertiary/aromatic N) is 1. The number of carboxylic acids is 1. The molecule has 3 rings (SSSR count). The van der Waals surface area contributed by atoms with Crippen molar-refractivity contribution in [3.8, 4) is 0 Å². The molecular formula is C23H34F3N5O5S. The number of unbranched alkanes of at least 4 members (excludes halogenated alkanes) is 4. The number of fused-ring (bicyclic) bond motifs is 1. The number of rotatable bonds is 13. The molecule has 1 aliphatic heterocycles. The average Bonchev–Trinajstić information content (AvgIpc) is 3.58. The number of aromatic nitrogens is 2. The van der Waals surface area contributed by atoms with Gasteiger partial charge >= 0.3 is 12.1 Å². The number of amides is 2. The first kappa shape index (κ1) is 30.5. The fourth-order valence-corrected chi connectivity index (χ4v) is 4.96. The Morgan fingerprint density at radius 1 is 1.14 bits per heavy atom. The molecule has 0 aliphatic carbocycles. The molecule has 1 aliphatic rings. The normalized spacial score (nSPS) is 17.3. The molecule has 14 heteroatoms. The summed E-state index contributed by atoms with van der Waals surface area (Å²) in [6.45, 7) is 2.60. The lowest BCUT2D eigenvalue weighted by Gasteiger charge is -2.26. The summed E-state index contributed by atoms with van der Waals surface area (Å²) in [6, 6.07) is 0. The van der Waals surface area contributed by atoms with Crippen molar-refractivity contribution < 1.29 is 37.4 Å². The van der Waals surface area contributed by atoms with E-state index >= 15 is 0 Å². The molecule has 0 bridgehead atoms. The van der Waals surface area contributed by atoms with Gasteiger partial charge in [-0.2, -0.15) is 13.2 Å². The number of aromatic amines is 1. The minimum atomic E-state index is -5.08. The van der Waals surface area contributed by atoms with Gasteiger partial charge in [0, 0.05) is 31.5 Å². The molecule has 1 unspecified atom stereocenters. The minimum absolute atomic E-state index is 0.0815. The van der Waals surface area contributed by atoms with Crippen LogP contribution < -0.4 is 16.4 Å². The van der Waals surface area contributed by atoms with E-state index in [4.69, 9.17) is 20.4 Å². The summed E-state index contributed by atoms with van der Waals surface area (Å²) in [5, 5.41) is 15.1. The number of nitrogens with two attached hydrogens (primary N) is 1. The van der Waals surface area contributed by atoms with Crippen LogP contribution in [0.3, 0.4) is 0 Å². The molecule has 2 aromatic heterocycles. The number of nitrogens with one attached hydrogen (secondary N) is 3. The first-order valence-electron chi connectivity index (χ1n) is 12.2. The summed E-state index contributed by atoms with van der Waals surface area (Å²) in [5.41, 5.74) is 6.30. The molecule has 0 spiro atoms. The molecule has 0 aromatic carbocycles. The third-order valence-corrected chi connectivity index (χ3v) is 6.86. The monoisotopic (exact) mass is 549 g/mol. The van der Waals surface area contributed by atoms with Gasteiger partial charge in [-0.1, -0.05) is 12.8 Å². The molecule has 2 aromatic rings. The number of carboxylic acid groups (broad SMARTS) is 1. The van der Waals surface area contributed by atoms with Gasteiger partial charge in [-0.15, -0.1) is 11.3 Å². The predicted molar refractivity (Wildman–Crippen MR) is 132 cm³/mol. The summed E-state index contributed by atoms with van der Waals surface area (Å²) >= 11 is 1.52. The summed E-state index contributed by atoms with van der Waals surface area (Å²) in [5.74, 6) is -2.74. The lowest BCUT2D eigenvalue weighted by atomic mass is 9.96. The molecule has 1 saturated heterocycles. The summed E-state index contributed by atoms with van der Waals surface area (Å²) in [4.78, 5) is 42.1. The summed E-state index contributed by atoms with van der Waals surface area (Å²) in [7, 11) is 0. The van der Waals surface area contributed by atoms with Crippen LogP contribution in [0.25, 0.3) is 11.0 Å². The fourth-order valence-electron chi connectivity index (χ4n) is 3.83. The van der Waals surface area contributed by atoms with E-state index in [0.717, 1.165) is 67.4 Å². The molecule has 37 heavy (non-hydrogen) atoms. The Hall–Kier alpha value is -2.71. The number of halogens is 3. The molecule has 1 fully saturated rings. The van der Waals surface area contributed by atoms with E-state index in [0.29, 0.717) is 32.5 Å². The topological polar surface area (TPSA) is 159 Å². The lowest BCUT2D eigenvalue weighted by Crippen LogP contribution is -2.44. The quantitative estimate of drug-likeness (QED) is 0.240. The van der Waals surface area contributed by atoms with Crippen LogP contribution in [0.5, 0.6) is 0 Å². The Labute approximate surface area is 216 Å². The van der Waals surface area contributed by atoms with Crippen LogP contribution in [0.2, 0.25) is 0 Å². The van der Waals surface area contributed by atoms with Gasteiger partial charge in [0.25, 0.3) is 5.91 Å². The molecule has 6 N–H and O–H groups in total. The standard InChI is InChI=1S/C21H33N5O3S.C2HF3O2/c22-10-4-2-6-11-23-17(27)8-3-1-5-12-24-20(28)21(9-7-13-29-21)19-18-16(14-30-19)25-15-26-18;3-2(4,5)1(6)7/h14-15H,1-13,22H2,(H,23,27)(H,24,28)(H,25,26);(H,6,7). The third kappa shape index (κ3) is 9.27. The van der Waals surface area contributed by atoms with E-state index in [1.807, 2.05) is 5.38 Å². The van der Waals surface area contributed by atoms with Gasteiger partial charge in [0.05, 0.1) is 16.7 Å². The van der Waals surface area contributed by atoms with Crippen LogP contribution in [-0.2, 0) is 24.7 Å². The van der Waals surface area contributed by atoms with E-state index in [1.54, 1.807) is 6.33 Å². The smallest absolute Gasteiger partial charge is 0.475 e. The number of H-pyrrole nitrogens is 1. The van der Waals surface area contributed by atoms with Gasteiger partial charge in [0.2, 0.25) is 5.91 Å². The highest BCUT2D eigenvalue weighted by Crippen LogP contribution is 2.42. The Morgan fingerprint density at radius 3 is 2.43 bits per heavy atom. The second kappa shape index (κ2) is 14.9. The number of ether oxygens (including phenoxy) is 1. The van der Waals surface area contributed by atoms with Crippen molar-refractivity contribution >= 4 is 40.2 Å². The summed E-state index contributed by atoms with van der Waals surface area (Å²) in [6.07, 6.45) is 4.24. The van der Waals surface area contributed by atoms with E-state index in [-0.39, 0.29) is 11.8 Å². The molecule has 3 heterocycles. The van der Waals surface area contributed by atoms with Crippen molar-refractivity contribution in [3.05, 3.63) is 16.6 Å². The number of hydrogen-bond acceptors (Lipinski definition) is 7. The number of hydrogen-bond donors (Lipinski definition) is 5. The predicted octanol–water partition coefficient (Wildman–Crippen LogP) is 3.19. The van der Waals surface area contributed by atoms with Gasteiger partial charge in [0.1, 0.15) is 5.52 Å². The van der Waals surface area contributed by atoms with Crippen molar-refractivity contribution in [1.82, 2.24) is 20.6 Å². The maximum absolute atomic E-state index is 13.0. The van der Waals surface area contributed by atoms with Crippen LogP contribution >= 0.6 is 11.3 Å². The van der Waals surface area contributed by atoms with Crippen LogP contribution in [0, 0.1) is 0 Å². The Kier molecular flexibility index (Phi) is 12.3. The number of imidazole rings is 1. The highest BCUT2D eigenvalue weighted by atomic mass is 32.1.